The zero-order valence-electron chi connectivity index (χ0n) is 12.6. The van der Waals surface area contributed by atoms with Crippen LogP contribution in [-0.2, 0) is 0 Å². The lowest BCUT2D eigenvalue weighted by molar-refractivity contribution is 0.175. The van der Waals surface area contributed by atoms with Crippen molar-refractivity contribution in [2.24, 2.45) is 0 Å². The average molecular weight is 324 g/mol. The predicted molar refractivity (Wildman–Crippen MR) is 88.4 cm³/mol. The minimum absolute atomic E-state index is 0.0809. The average Bonchev–Trinajstić information content (AvgIpc) is 3.34. The number of benzene rings is 1. The molecule has 1 fully saturated rings. The second-order valence-electron chi connectivity index (χ2n) is 5.55. The van der Waals surface area contributed by atoms with E-state index in [1.807, 2.05) is 30.3 Å². The summed E-state index contributed by atoms with van der Waals surface area (Å²) in [6.45, 7) is 1.66. The summed E-state index contributed by atoms with van der Waals surface area (Å²) in [6.07, 6.45) is 2.17. The van der Waals surface area contributed by atoms with Crippen LogP contribution >= 0.6 is 11.8 Å². The first-order valence-electron chi connectivity index (χ1n) is 7.71. The van der Waals surface area contributed by atoms with Gasteiger partial charge in [0.1, 0.15) is 0 Å². The van der Waals surface area contributed by atoms with E-state index in [-0.39, 0.29) is 12.6 Å². The Morgan fingerprint density at radius 3 is 2.64 bits per heavy atom. The van der Waals surface area contributed by atoms with Gasteiger partial charge in [0, 0.05) is 35.8 Å². The standard InChI is InChI=1S/C16H24N2O3S/c19-11-10-18(14-6-7-14)9-8-13(17-16(20)21)12-22-15-4-2-1-3-5-15/h1-5,13-14,17,19H,6-12H2,(H,20,21). The van der Waals surface area contributed by atoms with Gasteiger partial charge in [-0.3, -0.25) is 4.90 Å². The molecule has 0 bridgehead atoms. The number of thioether (sulfide) groups is 1. The van der Waals surface area contributed by atoms with Crippen LogP contribution in [0.15, 0.2) is 35.2 Å². The fraction of sp³-hybridized carbons (Fsp3) is 0.562. The third-order valence-electron chi connectivity index (χ3n) is 3.74. The van der Waals surface area contributed by atoms with Gasteiger partial charge in [-0.1, -0.05) is 18.2 Å². The first kappa shape index (κ1) is 17.1. The molecular weight excluding hydrogens is 300 g/mol. The molecule has 5 nitrogen and oxygen atoms in total. The van der Waals surface area contributed by atoms with Crippen LogP contribution in [0.3, 0.4) is 0 Å². The summed E-state index contributed by atoms with van der Waals surface area (Å²) in [4.78, 5) is 14.4. The van der Waals surface area contributed by atoms with Crippen LogP contribution in [0.4, 0.5) is 4.79 Å². The van der Waals surface area contributed by atoms with Crippen molar-refractivity contribution in [2.75, 3.05) is 25.4 Å². The number of nitrogens with one attached hydrogen (secondary N) is 1. The minimum Gasteiger partial charge on any atom is -0.465 e. The van der Waals surface area contributed by atoms with Gasteiger partial charge < -0.3 is 15.5 Å². The number of rotatable bonds is 10. The lowest BCUT2D eigenvalue weighted by Crippen LogP contribution is -2.40. The van der Waals surface area contributed by atoms with Crippen LogP contribution in [0, 0.1) is 0 Å². The number of carboxylic acid groups (broad SMARTS) is 1. The van der Waals surface area contributed by atoms with E-state index < -0.39 is 6.09 Å². The second-order valence-corrected chi connectivity index (χ2v) is 6.64. The maximum absolute atomic E-state index is 11.0. The molecule has 22 heavy (non-hydrogen) atoms. The van der Waals surface area contributed by atoms with E-state index in [1.165, 1.54) is 12.8 Å². The van der Waals surface area contributed by atoms with E-state index in [1.54, 1.807) is 11.8 Å². The third-order valence-corrected chi connectivity index (χ3v) is 4.91. The van der Waals surface area contributed by atoms with Crippen molar-refractivity contribution in [3.63, 3.8) is 0 Å². The van der Waals surface area contributed by atoms with Gasteiger partial charge >= 0.3 is 6.09 Å². The van der Waals surface area contributed by atoms with Gasteiger partial charge in [0.15, 0.2) is 0 Å². The Balaban J connectivity index is 1.81. The minimum atomic E-state index is -0.973. The van der Waals surface area contributed by atoms with Crippen molar-refractivity contribution in [3.8, 4) is 0 Å². The van der Waals surface area contributed by atoms with Gasteiger partial charge in [-0.05, 0) is 31.4 Å². The van der Waals surface area contributed by atoms with Crippen molar-refractivity contribution in [3.05, 3.63) is 30.3 Å². The van der Waals surface area contributed by atoms with Crippen LogP contribution in [-0.4, -0.2) is 58.7 Å². The number of nitrogens with zero attached hydrogens (tertiary/aromatic N) is 1. The number of aliphatic hydroxyl groups excluding tert-OH is 1. The molecule has 0 aliphatic heterocycles. The van der Waals surface area contributed by atoms with Crippen molar-refractivity contribution in [2.45, 2.75) is 36.2 Å². The molecule has 0 saturated heterocycles. The van der Waals surface area contributed by atoms with E-state index in [9.17, 15) is 4.79 Å². The first-order chi connectivity index (χ1) is 10.7. The third kappa shape index (κ3) is 6.25. The Hall–Kier alpha value is -1.24. The smallest absolute Gasteiger partial charge is 0.404 e. The predicted octanol–water partition coefficient (Wildman–Crippen LogP) is 2.26. The van der Waals surface area contributed by atoms with E-state index in [2.05, 4.69) is 10.2 Å². The molecular formula is C16H24N2O3S. The first-order valence-corrected chi connectivity index (χ1v) is 8.70. The number of amides is 1. The highest BCUT2D eigenvalue weighted by Gasteiger charge is 2.28. The summed E-state index contributed by atoms with van der Waals surface area (Å²) in [6, 6.07) is 10.5. The monoisotopic (exact) mass is 324 g/mol. The molecule has 0 radical (unpaired) electrons. The summed E-state index contributed by atoms with van der Waals surface area (Å²) in [7, 11) is 0. The molecule has 0 aromatic heterocycles. The molecule has 1 saturated carbocycles. The van der Waals surface area contributed by atoms with Gasteiger partial charge in [0.25, 0.3) is 0 Å². The molecule has 1 aromatic carbocycles. The van der Waals surface area contributed by atoms with Crippen LogP contribution in [0.5, 0.6) is 0 Å². The lowest BCUT2D eigenvalue weighted by Gasteiger charge is -2.24. The summed E-state index contributed by atoms with van der Waals surface area (Å²) in [5.41, 5.74) is 0. The highest BCUT2D eigenvalue weighted by atomic mass is 32.2. The van der Waals surface area contributed by atoms with Crippen molar-refractivity contribution >= 4 is 17.9 Å². The highest BCUT2D eigenvalue weighted by molar-refractivity contribution is 7.99. The Morgan fingerprint density at radius 2 is 2.05 bits per heavy atom. The molecule has 3 N–H and O–H groups in total. The molecule has 0 heterocycles. The maximum Gasteiger partial charge on any atom is 0.404 e. The molecule has 1 atom stereocenters. The molecule has 0 spiro atoms. The molecule has 1 aliphatic rings. The van der Waals surface area contributed by atoms with Gasteiger partial charge in [-0.25, -0.2) is 4.79 Å². The van der Waals surface area contributed by atoms with Crippen molar-refractivity contribution < 1.29 is 15.0 Å². The van der Waals surface area contributed by atoms with Gasteiger partial charge in [-0.15, -0.1) is 11.8 Å². The molecule has 1 unspecified atom stereocenters. The Bertz CT molecular complexity index is 454. The fourth-order valence-corrected chi connectivity index (χ4v) is 3.45. The lowest BCUT2D eigenvalue weighted by atomic mass is 10.2. The number of hydrogen-bond acceptors (Lipinski definition) is 4. The molecule has 1 aliphatic carbocycles. The topological polar surface area (TPSA) is 72.8 Å². The summed E-state index contributed by atoms with van der Waals surface area (Å²) in [5.74, 6) is 0.716. The zero-order chi connectivity index (χ0) is 15.8. The van der Waals surface area contributed by atoms with E-state index in [4.69, 9.17) is 10.2 Å². The van der Waals surface area contributed by atoms with Crippen molar-refractivity contribution in [1.29, 1.82) is 0 Å². The van der Waals surface area contributed by atoms with Crippen LogP contribution in [0.1, 0.15) is 19.3 Å². The highest BCUT2D eigenvalue weighted by Crippen LogP contribution is 2.27. The maximum atomic E-state index is 11.0. The van der Waals surface area contributed by atoms with Gasteiger partial charge in [-0.2, -0.15) is 0 Å². The molecule has 122 valence electrons. The number of aliphatic hydroxyl groups is 1. The summed E-state index contributed by atoms with van der Waals surface area (Å²) < 4.78 is 0. The van der Waals surface area contributed by atoms with E-state index >= 15 is 0 Å². The quantitative estimate of drug-likeness (QED) is 0.576. The van der Waals surface area contributed by atoms with Crippen LogP contribution in [0.25, 0.3) is 0 Å². The Labute approximate surface area is 135 Å². The largest absolute Gasteiger partial charge is 0.465 e. The molecule has 2 rings (SSSR count). The Kier molecular flexibility index (Phi) is 7.02. The second kappa shape index (κ2) is 9.02. The molecule has 6 heteroatoms. The van der Waals surface area contributed by atoms with Gasteiger partial charge in [0.2, 0.25) is 0 Å². The summed E-state index contributed by atoms with van der Waals surface area (Å²) >= 11 is 1.67. The normalized spacial score (nSPS) is 15.7. The Morgan fingerprint density at radius 1 is 1.32 bits per heavy atom. The zero-order valence-corrected chi connectivity index (χ0v) is 13.5. The van der Waals surface area contributed by atoms with Crippen LogP contribution in [0.2, 0.25) is 0 Å². The summed E-state index contributed by atoms with van der Waals surface area (Å²) in [5, 5.41) is 20.7. The van der Waals surface area contributed by atoms with Crippen LogP contribution < -0.4 is 5.32 Å². The SMILES string of the molecule is O=C(O)NC(CCN(CCO)C1CC1)CSc1ccccc1. The molecule has 1 aromatic rings. The van der Waals surface area contributed by atoms with Gasteiger partial charge in [0.05, 0.1) is 6.61 Å². The number of hydrogen-bond donors (Lipinski definition) is 3. The fourth-order valence-electron chi connectivity index (χ4n) is 2.45. The van der Waals surface area contributed by atoms with E-state index in [0.717, 1.165) is 17.9 Å². The number of carbonyl (C=O) groups is 1. The van der Waals surface area contributed by atoms with Crippen molar-refractivity contribution in [1.82, 2.24) is 10.2 Å². The molecule has 1 amide bonds. The van der Waals surface area contributed by atoms with E-state index in [0.29, 0.717) is 18.3 Å².